The second-order valence-corrected chi connectivity index (χ2v) is 14.9. The van der Waals surface area contributed by atoms with Gasteiger partial charge in [-0.1, -0.05) is 64.3 Å². The summed E-state index contributed by atoms with van der Waals surface area (Å²) in [6.45, 7) is 10.1. The largest absolute Gasteiger partial charge is 0.348 e. The number of piperidine rings is 1. The van der Waals surface area contributed by atoms with E-state index >= 15 is 0 Å². The zero-order valence-electron chi connectivity index (χ0n) is 25.0. The predicted molar refractivity (Wildman–Crippen MR) is 160 cm³/mol. The van der Waals surface area contributed by atoms with Crippen LogP contribution in [0.5, 0.6) is 0 Å². The number of sulfone groups is 1. The van der Waals surface area contributed by atoms with Crippen molar-refractivity contribution in [3.63, 3.8) is 0 Å². The van der Waals surface area contributed by atoms with Crippen molar-refractivity contribution < 1.29 is 27.6 Å². The number of Topliss-reactive ketones (excluding diaryl/α,β-unsaturated/α-hetero) is 1. The molecule has 1 aromatic rings. The molecule has 3 fully saturated rings. The van der Waals surface area contributed by atoms with E-state index in [0.29, 0.717) is 18.9 Å². The number of amides is 3. The van der Waals surface area contributed by atoms with Crippen LogP contribution in [0.3, 0.4) is 0 Å². The number of nitrogens with one attached hydrogen (secondary N) is 2. The van der Waals surface area contributed by atoms with Crippen LogP contribution in [0.25, 0.3) is 0 Å². The van der Waals surface area contributed by atoms with E-state index in [-0.39, 0.29) is 52.7 Å². The summed E-state index contributed by atoms with van der Waals surface area (Å²) in [6, 6.07) is 6.07. The lowest BCUT2D eigenvalue weighted by Crippen LogP contribution is -2.56. The highest BCUT2D eigenvalue weighted by atomic mass is 32.2. The van der Waals surface area contributed by atoms with E-state index in [1.165, 1.54) is 18.6 Å². The van der Waals surface area contributed by atoms with Crippen molar-refractivity contribution in [1.82, 2.24) is 15.5 Å². The topological polar surface area (TPSA) is 130 Å². The monoisotopic (exact) mass is 599 g/mol. The van der Waals surface area contributed by atoms with E-state index in [4.69, 9.17) is 0 Å². The highest BCUT2D eigenvalue weighted by Crippen LogP contribution is 2.65. The van der Waals surface area contributed by atoms with Gasteiger partial charge in [0.2, 0.25) is 17.6 Å². The summed E-state index contributed by atoms with van der Waals surface area (Å²) in [7, 11) is -3.63. The van der Waals surface area contributed by atoms with Crippen molar-refractivity contribution in [3.05, 3.63) is 43.0 Å². The maximum atomic E-state index is 13.8. The molecule has 1 aromatic carbocycles. The first-order chi connectivity index (χ1) is 19.9. The Morgan fingerprint density at radius 1 is 1.10 bits per heavy atom. The summed E-state index contributed by atoms with van der Waals surface area (Å²) in [5.74, 6) is -2.23. The standard InChI is InChI=1S/C32H45N3O6S/c1-5-6-17-25(28(36)30(38)33-18-19-42(40,41)23-15-11-8-12-16-23)34-29(37)27-26-24(32(26,3)4)20-35(27)31(39)21(2)22-13-9-7-10-14-22/h5,8,11-12,15-16,21-22,24-27H,1,6-7,9-10,13-14,17-20H2,2-4H3,(H,33,38)(H,34,37)/t21-,24-,25-,26-,27-/m0/s1. The van der Waals surface area contributed by atoms with Gasteiger partial charge < -0.3 is 15.5 Å². The van der Waals surface area contributed by atoms with Crippen LogP contribution in [0.1, 0.15) is 65.7 Å². The van der Waals surface area contributed by atoms with Gasteiger partial charge in [0.15, 0.2) is 9.84 Å². The van der Waals surface area contributed by atoms with Crippen molar-refractivity contribution in [1.29, 1.82) is 0 Å². The molecule has 1 saturated heterocycles. The van der Waals surface area contributed by atoms with Crippen LogP contribution in [0, 0.1) is 29.1 Å². The van der Waals surface area contributed by atoms with Crippen molar-refractivity contribution in [2.24, 2.45) is 29.1 Å². The molecule has 0 radical (unpaired) electrons. The Bertz CT molecular complexity index is 1290. The van der Waals surface area contributed by atoms with Crippen LogP contribution in [-0.4, -0.2) is 67.7 Å². The molecular weight excluding hydrogens is 554 g/mol. The zero-order chi connectivity index (χ0) is 30.7. The van der Waals surface area contributed by atoms with Gasteiger partial charge in [-0.15, -0.1) is 6.58 Å². The Morgan fingerprint density at radius 3 is 2.40 bits per heavy atom. The number of benzene rings is 1. The Kier molecular flexibility index (Phi) is 9.96. The Morgan fingerprint density at radius 2 is 1.76 bits per heavy atom. The lowest BCUT2D eigenvalue weighted by Gasteiger charge is -2.35. The number of rotatable bonds is 13. The average Bonchev–Trinajstić information content (AvgIpc) is 3.30. The Labute approximate surface area is 249 Å². The number of nitrogens with zero attached hydrogens (tertiary/aromatic N) is 1. The van der Waals surface area contributed by atoms with Gasteiger partial charge in [-0.3, -0.25) is 19.2 Å². The van der Waals surface area contributed by atoms with E-state index in [9.17, 15) is 27.6 Å². The number of ketones is 1. The molecule has 2 aliphatic carbocycles. The van der Waals surface area contributed by atoms with Gasteiger partial charge in [-0.05, 0) is 61.0 Å². The summed E-state index contributed by atoms with van der Waals surface area (Å²) in [5.41, 5.74) is -0.0882. The second-order valence-electron chi connectivity index (χ2n) is 12.8. The molecule has 2 saturated carbocycles. The first-order valence-electron chi connectivity index (χ1n) is 15.2. The fourth-order valence-electron chi connectivity index (χ4n) is 7.01. The van der Waals surface area contributed by atoms with Gasteiger partial charge in [0, 0.05) is 19.0 Å². The minimum absolute atomic E-state index is 0.00335. The molecule has 0 aromatic heterocycles. The van der Waals surface area contributed by atoms with Crippen LogP contribution in [-0.2, 0) is 29.0 Å². The van der Waals surface area contributed by atoms with Crippen molar-refractivity contribution in [2.75, 3.05) is 18.8 Å². The van der Waals surface area contributed by atoms with Crippen molar-refractivity contribution in [2.45, 2.75) is 82.7 Å². The molecule has 3 aliphatic rings. The number of carbonyl (C=O) groups excluding carboxylic acids is 4. The van der Waals surface area contributed by atoms with Gasteiger partial charge in [0.1, 0.15) is 6.04 Å². The van der Waals surface area contributed by atoms with E-state index in [1.807, 2.05) is 6.92 Å². The number of fused-ring (bicyclic) bond motifs is 1. The first-order valence-corrected chi connectivity index (χ1v) is 16.9. The highest BCUT2D eigenvalue weighted by molar-refractivity contribution is 7.91. The fourth-order valence-corrected chi connectivity index (χ4v) is 8.19. The number of hydrogen-bond acceptors (Lipinski definition) is 6. The molecule has 3 amide bonds. The molecule has 230 valence electrons. The van der Waals surface area contributed by atoms with Crippen molar-refractivity contribution in [3.8, 4) is 0 Å². The number of allylic oxidation sites excluding steroid dienone is 1. The van der Waals surface area contributed by atoms with E-state index in [1.54, 1.807) is 29.2 Å². The summed E-state index contributed by atoms with van der Waals surface area (Å²) in [4.78, 5) is 55.3. The minimum Gasteiger partial charge on any atom is -0.348 e. The third-order valence-corrected chi connectivity index (χ3v) is 11.5. The van der Waals surface area contributed by atoms with Gasteiger partial charge in [0.25, 0.3) is 5.91 Å². The molecule has 10 heteroatoms. The summed E-state index contributed by atoms with van der Waals surface area (Å²) >= 11 is 0. The summed E-state index contributed by atoms with van der Waals surface area (Å²) in [6.07, 6.45) is 7.65. The average molecular weight is 600 g/mol. The van der Waals surface area contributed by atoms with Gasteiger partial charge in [-0.2, -0.15) is 0 Å². The maximum Gasteiger partial charge on any atom is 0.289 e. The Balaban J connectivity index is 1.42. The Hall–Kier alpha value is -3.01. The second kappa shape index (κ2) is 13.1. The lowest BCUT2D eigenvalue weighted by atomic mass is 9.80. The molecular formula is C32H45N3O6S. The molecule has 0 bridgehead atoms. The van der Waals surface area contributed by atoms with Crippen molar-refractivity contribution >= 4 is 33.3 Å². The van der Waals surface area contributed by atoms with E-state index in [2.05, 4.69) is 31.1 Å². The van der Waals surface area contributed by atoms with Crippen LogP contribution in [0.15, 0.2) is 47.9 Å². The van der Waals surface area contributed by atoms with Crippen LogP contribution >= 0.6 is 0 Å². The molecule has 0 spiro atoms. The molecule has 1 aliphatic heterocycles. The molecule has 1 heterocycles. The SMILES string of the molecule is C=CCC[C@H](NC(=O)[C@@H]1[C@@H]2[C@H](CN1C(=O)[C@@H](C)C1CCCCC1)C2(C)C)C(=O)C(=O)NCCS(=O)(=O)c1ccccc1. The third kappa shape index (κ3) is 6.79. The first kappa shape index (κ1) is 31.9. The third-order valence-electron chi connectivity index (χ3n) is 9.78. The van der Waals surface area contributed by atoms with Crippen LogP contribution < -0.4 is 10.6 Å². The molecule has 42 heavy (non-hydrogen) atoms. The zero-order valence-corrected chi connectivity index (χ0v) is 25.8. The fraction of sp³-hybridized carbons (Fsp3) is 0.625. The van der Waals surface area contributed by atoms with Gasteiger partial charge >= 0.3 is 0 Å². The molecule has 0 unspecified atom stereocenters. The number of carbonyl (C=O) groups is 4. The molecule has 9 nitrogen and oxygen atoms in total. The normalized spacial score (nSPS) is 24.6. The highest BCUT2D eigenvalue weighted by Gasteiger charge is 2.69. The van der Waals surface area contributed by atoms with E-state index < -0.39 is 39.5 Å². The molecule has 4 rings (SSSR count). The van der Waals surface area contributed by atoms with Gasteiger partial charge in [0.05, 0.1) is 16.7 Å². The van der Waals surface area contributed by atoms with Gasteiger partial charge in [-0.25, -0.2) is 8.42 Å². The summed E-state index contributed by atoms with van der Waals surface area (Å²) < 4.78 is 25.1. The number of hydrogen-bond donors (Lipinski definition) is 2. The van der Waals surface area contributed by atoms with Crippen LogP contribution in [0.4, 0.5) is 0 Å². The van der Waals surface area contributed by atoms with E-state index in [0.717, 1.165) is 25.7 Å². The quantitative estimate of drug-likeness (QED) is 0.264. The smallest absolute Gasteiger partial charge is 0.289 e. The molecule has 2 N–H and O–H groups in total. The minimum atomic E-state index is -3.63. The number of likely N-dealkylation sites (tertiary alicyclic amines) is 1. The predicted octanol–water partition coefficient (Wildman–Crippen LogP) is 3.30. The molecule has 5 atom stereocenters. The maximum absolute atomic E-state index is 13.8. The lowest BCUT2D eigenvalue weighted by molar-refractivity contribution is -0.146. The van der Waals surface area contributed by atoms with Crippen LogP contribution in [0.2, 0.25) is 0 Å². The summed E-state index contributed by atoms with van der Waals surface area (Å²) in [5, 5.41) is 5.20.